The first-order valence-corrected chi connectivity index (χ1v) is 13.5. The fourth-order valence-electron chi connectivity index (χ4n) is 7.36. The molecule has 0 radical (unpaired) electrons. The van der Waals surface area contributed by atoms with Crippen LogP contribution in [0.2, 0.25) is 0 Å². The second-order valence-corrected chi connectivity index (χ2v) is 11.7. The van der Waals surface area contributed by atoms with E-state index < -0.39 is 0 Å². The maximum absolute atomic E-state index is 12.8. The monoisotopic (exact) mass is 472 g/mol. The molecule has 0 spiro atoms. The average Bonchev–Trinajstić information content (AvgIpc) is 3.18. The summed E-state index contributed by atoms with van der Waals surface area (Å²) in [7, 11) is 0. The molecule has 1 aromatic heterocycles. The van der Waals surface area contributed by atoms with Crippen molar-refractivity contribution in [3.63, 3.8) is 0 Å². The average molecular weight is 473 g/mol. The van der Waals surface area contributed by atoms with E-state index in [-0.39, 0.29) is 5.91 Å². The van der Waals surface area contributed by atoms with Gasteiger partial charge in [-0.25, -0.2) is 0 Å². The van der Waals surface area contributed by atoms with E-state index >= 15 is 0 Å². The molecule has 4 bridgehead atoms. The zero-order chi connectivity index (χ0) is 23.1. The molecule has 4 aliphatic carbocycles. The lowest BCUT2D eigenvalue weighted by molar-refractivity contribution is -0.113. The van der Waals surface area contributed by atoms with Gasteiger partial charge in [0.15, 0.2) is 5.16 Å². The summed E-state index contributed by atoms with van der Waals surface area (Å²) in [5.41, 5.74) is 1.26. The number of rotatable bonds is 8. The standard InChI is InChI=1S/C28H32N4OS/c1-2-10-32-25(17-28-14-19-11-20(15-28)13-21(12-19)16-28)30-31-27(32)34-18-26(33)29-24-9-5-7-22-6-3-4-8-23(22)24/h2-9,19-21H,1,10-18H2,(H,29,33). The molecule has 6 heteroatoms. The largest absolute Gasteiger partial charge is 0.325 e. The number of benzene rings is 2. The predicted octanol–water partition coefficient (Wildman–Crippen LogP) is 6.11. The highest BCUT2D eigenvalue weighted by molar-refractivity contribution is 7.99. The molecule has 176 valence electrons. The van der Waals surface area contributed by atoms with Crippen molar-refractivity contribution >= 4 is 34.1 Å². The Kier molecular flexibility index (Phi) is 5.72. The van der Waals surface area contributed by atoms with Gasteiger partial charge in [-0.1, -0.05) is 54.2 Å². The predicted molar refractivity (Wildman–Crippen MR) is 138 cm³/mol. The van der Waals surface area contributed by atoms with Crippen molar-refractivity contribution in [2.75, 3.05) is 11.1 Å². The van der Waals surface area contributed by atoms with E-state index in [0.717, 1.165) is 51.6 Å². The zero-order valence-electron chi connectivity index (χ0n) is 19.6. The molecular weight excluding hydrogens is 440 g/mol. The summed E-state index contributed by atoms with van der Waals surface area (Å²) in [4.78, 5) is 12.8. The summed E-state index contributed by atoms with van der Waals surface area (Å²) in [6.07, 6.45) is 11.3. The Morgan fingerprint density at radius 3 is 2.50 bits per heavy atom. The van der Waals surface area contributed by atoms with Crippen LogP contribution in [0.15, 0.2) is 60.3 Å². The molecule has 2 aromatic carbocycles. The van der Waals surface area contributed by atoms with Crippen LogP contribution < -0.4 is 5.32 Å². The number of anilines is 1. The van der Waals surface area contributed by atoms with E-state index in [1.54, 1.807) is 0 Å². The number of hydrogen-bond donors (Lipinski definition) is 1. The van der Waals surface area contributed by atoms with Gasteiger partial charge in [-0.3, -0.25) is 4.79 Å². The second-order valence-electron chi connectivity index (χ2n) is 10.8. The van der Waals surface area contributed by atoms with Crippen LogP contribution in [-0.4, -0.2) is 26.4 Å². The number of aromatic nitrogens is 3. The Morgan fingerprint density at radius 2 is 1.76 bits per heavy atom. The minimum atomic E-state index is -0.0304. The first kappa shape index (κ1) is 21.9. The number of carbonyl (C=O) groups is 1. The van der Waals surface area contributed by atoms with Crippen LogP contribution in [0.3, 0.4) is 0 Å². The smallest absolute Gasteiger partial charge is 0.234 e. The molecule has 0 unspecified atom stereocenters. The molecule has 0 atom stereocenters. The van der Waals surface area contributed by atoms with Crippen LogP contribution >= 0.6 is 11.8 Å². The highest BCUT2D eigenvalue weighted by Crippen LogP contribution is 2.61. The van der Waals surface area contributed by atoms with Gasteiger partial charge in [-0.15, -0.1) is 16.8 Å². The lowest BCUT2D eigenvalue weighted by atomic mass is 9.49. The van der Waals surface area contributed by atoms with E-state index in [2.05, 4.69) is 38.8 Å². The number of thioether (sulfide) groups is 1. The van der Waals surface area contributed by atoms with Crippen LogP contribution in [0.4, 0.5) is 5.69 Å². The third-order valence-electron chi connectivity index (χ3n) is 8.20. The molecular formula is C28H32N4OS. The van der Waals surface area contributed by atoms with Gasteiger partial charge in [-0.2, -0.15) is 0 Å². The van der Waals surface area contributed by atoms with Gasteiger partial charge in [0.05, 0.1) is 5.75 Å². The molecule has 1 amide bonds. The first-order chi connectivity index (χ1) is 16.6. The van der Waals surface area contributed by atoms with Crippen molar-refractivity contribution in [1.82, 2.24) is 14.8 Å². The van der Waals surface area contributed by atoms with Crippen molar-refractivity contribution in [1.29, 1.82) is 0 Å². The Balaban J connectivity index is 1.15. The first-order valence-electron chi connectivity index (χ1n) is 12.5. The lowest BCUT2D eigenvalue weighted by Gasteiger charge is -2.56. The molecule has 7 rings (SSSR count). The normalized spacial score (nSPS) is 27.2. The molecule has 4 aliphatic rings. The number of nitrogens with one attached hydrogen (secondary N) is 1. The van der Waals surface area contributed by atoms with Crippen molar-refractivity contribution in [2.45, 2.75) is 56.6 Å². The SMILES string of the molecule is C=CCn1c(CC23CC4CC(CC(C4)C2)C3)nnc1SCC(=O)Nc1cccc2ccccc12. The molecule has 1 N–H and O–H groups in total. The summed E-state index contributed by atoms with van der Waals surface area (Å²) < 4.78 is 2.18. The third kappa shape index (κ3) is 4.17. The zero-order valence-corrected chi connectivity index (χ0v) is 20.4. The topological polar surface area (TPSA) is 59.8 Å². The Morgan fingerprint density at radius 1 is 1.06 bits per heavy atom. The van der Waals surface area contributed by atoms with Gasteiger partial charge in [-0.05, 0) is 73.1 Å². The minimum absolute atomic E-state index is 0.0304. The molecule has 4 saturated carbocycles. The van der Waals surface area contributed by atoms with Crippen LogP contribution in [0.25, 0.3) is 10.8 Å². The molecule has 1 heterocycles. The maximum atomic E-state index is 12.8. The van der Waals surface area contributed by atoms with Gasteiger partial charge >= 0.3 is 0 Å². The van der Waals surface area contributed by atoms with E-state index in [1.807, 2.05) is 36.4 Å². The summed E-state index contributed by atoms with van der Waals surface area (Å²) in [5.74, 6) is 4.11. The molecule has 3 aromatic rings. The lowest BCUT2D eigenvalue weighted by Crippen LogP contribution is -2.47. The van der Waals surface area contributed by atoms with E-state index in [9.17, 15) is 4.79 Å². The van der Waals surface area contributed by atoms with Gasteiger partial charge in [0.2, 0.25) is 5.91 Å². The Bertz CT molecular complexity index is 1190. The number of nitrogens with zero attached hydrogens (tertiary/aromatic N) is 3. The maximum Gasteiger partial charge on any atom is 0.234 e. The fourth-order valence-corrected chi connectivity index (χ4v) is 8.13. The summed E-state index contributed by atoms with van der Waals surface area (Å²) in [6.45, 7) is 4.64. The summed E-state index contributed by atoms with van der Waals surface area (Å²) >= 11 is 1.46. The molecule has 0 saturated heterocycles. The molecule has 34 heavy (non-hydrogen) atoms. The molecule has 4 fully saturated rings. The van der Waals surface area contributed by atoms with Crippen LogP contribution in [0.5, 0.6) is 0 Å². The number of hydrogen-bond acceptors (Lipinski definition) is 4. The van der Waals surface area contributed by atoms with Crippen molar-refractivity contribution < 1.29 is 4.79 Å². The number of carbonyl (C=O) groups excluding carboxylic acids is 1. The number of fused-ring (bicyclic) bond motifs is 1. The Hall–Kier alpha value is -2.60. The third-order valence-corrected chi connectivity index (χ3v) is 9.17. The summed E-state index contributed by atoms with van der Waals surface area (Å²) in [6, 6.07) is 14.1. The van der Waals surface area contributed by atoms with E-state index in [1.165, 1.54) is 50.3 Å². The van der Waals surface area contributed by atoms with Crippen LogP contribution in [-0.2, 0) is 17.8 Å². The molecule has 0 aliphatic heterocycles. The van der Waals surface area contributed by atoms with Crippen molar-refractivity contribution in [2.24, 2.45) is 23.2 Å². The van der Waals surface area contributed by atoms with Gasteiger partial charge in [0.1, 0.15) is 5.82 Å². The quantitative estimate of drug-likeness (QED) is 0.318. The van der Waals surface area contributed by atoms with E-state index in [4.69, 9.17) is 0 Å². The second kappa shape index (κ2) is 8.88. The van der Waals surface area contributed by atoms with Crippen molar-refractivity contribution in [3.8, 4) is 0 Å². The van der Waals surface area contributed by atoms with Gasteiger partial charge in [0.25, 0.3) is 0 Å². The van der Waals surface area contributed by atoms with Crippen molar-refractivity contribution in [3.05, 3.63) is 60.9 Å². The summed E-state index contributed by atoms with van der Waals surface area (Å²) in [5, 5.41) is 15.2. The number of amides is 1. The number of allylic oxidation sites excluding steroid dienone is 1. The Labute approximate surface area is 205 Å². The van der Waals surface area contributed by atoms with Gasteiger partial charge < -0.3 is 9.88 Å². The van der Waals surface area contributed by atoms with Crippen LogP contribution in [0, 0.1) is 23.2 Å². The minimum Gasteiger partial charge on any atom is -0.325 e. The molecule has 5 nitrogen and oxygen atoms in total. The fraction of sp³-hybridized carbons (Fsp3) is 0.464. The highest BCUT2D eigenvalue weighted by atomic mass is 32.2. The van der Waals surface area contributed by atoms with Gasteiger partial charge in [0, 0.05) is 24.0 Å². The van der Waals surface area contributed by atoms with Crippen LogP contribution in [0.1, 0.15) is 44.3 Å². The van der Waals surface area contributed by atoms with E-state index in [0.29, 0.717) is 17.7 Å². The highest BCUT2D eigenvalue weighted by Gasteiger charge is 2.51.